The first-order valence-electron chi connectivity index (χ1n) is 12.3. The number of phenols is 1. The lowest BCUT2D eigenvalue weighted by Gasteiger charge is -2.40. The van der Waals surface area contributed by atoms with Crippen molar-refractivity contribution in [2.45, 2.75) is 37.5 Å². The van der Waals surface area contributed by atoms with Gasteiger partial charge in [0.25, 0.3) is 0 Å². The van der Waals surface area contributed by atoms with Gasteiger partial charge in [0, 0.05) is 26.2 Å². The molecule has 1 aromatic heterocycles. The van der Waals surface area contributed by atoms with Crippen molar-refractivity contribution < 1.29 is 23.8 Å². The topological polar surface area (TPSA) is 78.4 Å². The first-order valence-corrected chi connectivity index (χ1v) is 12.7. The molecule has 1 aromatic carbocycles. The lowest BCUT2D eigenvalue weighted by molar-refractivity contribution is -0.129. The molecule has 3 atom stereocenters. The van der Waals surface area contributed by atoms with E-state index in [1.54, 1.807) is 4.90 Å². The molecule has 6 rings (SSSR count). The van der Waals surface area contributed by atoms with E-state index in [0.717, 1.165) is 18.4 Å². The lowest BCUT2D eigenvalue weighted by Crippen LogP contribution is -2.55. The smallest absolute Gasteiger partial charge is 0.246 e. The van der Waals surface area contributed by atoms with Gasteiger partial charge in [0.1, 0.15) is 40.5 Å². The highest BCUT2D eigenvalue weighted by molar-refractivity contribution is 6.35. The van der Waals surface area contributed by atoms with Gasteiger partial charge in [-0.3, -0.25) is 9.69 Å². The van der Waals surface area contributed by atoms with Crippen LogP contribution in [0.15, 0.2) is 30.9 Å². The predicted molar refractivity (Wildman–Crippen MR) is 133 cm³/mol. The molecular formula is C26H28ClFN4O4. The number of nitrogens with zero attached hydrogens (tertiary/aromatic N) is 4. The Kier molecular flexibility index (Phi) is 6.02. The molecule has 1 amide bonds. The molecule has 4 aliphatic rings. The third kappa shape index (κ3) is 3.81. The number of carbonyl (C=O) groups is 1. The number of phenolic OH excluding ortho intramolecular Hbond substituents is 1. The predicted octanol–water partition coefficient (Wildman–Crippen LogP) is 3.21. The fourth-order valence-corrected chi connectivity index (χ4v) is 6.23. The summed E-state index contributed by atoms with van der Waals surface area (Å²) in [4.78, 5) is 23.5. The van der Waals surface area contributed by atoms with Crippen molar-refractivity contribution in [2.24, 2.45) is 0 Å². The van der Waals surface area contributed by atoms with E-state index in [4.69, 9.17) is 26.1 Å². The van der Waals surface area contributed by atoms with Crippen molar-refractivity contribution in [1.82, 2.24) is 14.8 Å². The average Bonchev–Trinajstić information content (AvgIpc) is 3.03. The first kappa shape index (κ1) is 23.5. The van der Waals surface area contributed by atoms with Crippen LogP contribution in [0.4, 0.5) is 10.2 Å². The van der Waals surface area contributed by atoms with Crippen molar-refractivity contribution in [3.63, 3.8) is 0 Å². The average molecular weight is 515 g/mol. The van der Waals surface area contributed by atoms with Crippen LogP contribution in [-0.4, -0.2) is 83.4 Å². The number of ether oxygens (including phenoxy) is 2. The van der Waals surface area contributed by atoms with Crippen molar-refractivity contribution in [3.05, 3.63) is 47.3 Å². The maximum atomic E-state index is 15.0. The number of anilines is 1. The number of amides is 1. The number of hydrogen-bond acceptors (Lipinski definition) is 7. The van der Waals surface area contributed by atoms with E-state index in [2.05, 4.69) is 16.4 Å². The summed E-state index contributed by atoms with van der Waals surface area (Å²) in [5.41, 5.74) is 0.972. The Bertz CT molecular complexity index is 1190. The van der Waals surface area contributed by atoms with Crippen molar-refractivity contribution >= 4 is 23.3 Å². The van der Waals surface area contributed by atoms with Gasteiger partial charge in [-0.05, 0) is 31.1 Å². The summed E-state index contributed by atoms with van der Waals surface area (Å²) in [6.07, 6.45) is 3.30. The van der Waals surface area contributed by atoms with Gasteiger partial charge in [0.2, 0.25) is 5.91 Å². The van der Waals surface area contributed by atoms with Crippen LogP contribution in [0, 0.1) is 5.82 Å². The van der Waals surface area contributed by atoms with E-state index < -0.39 is 5.82 Å². The van der Waals surface area contributed by atoms with Gasteiger partial charge >= 0.3 is 0 Å². The second-order valence-corrected chi connectivity index (χ2v) is 10.2. The number of hydrogen-bond donors (Lipinski definition) is 1. The first-order chi connectivity index (χ1) is 17.5. The van der Waals surface area contributed by atoms with Crippen molar-refractivity contribution in [1.29, 1.82) is 0 Å². The van der Waals surface area contributed by atoms with Crippen LogP contribution in [0.3, 0.4) is 0 Å². The van der Waals surface area contributed by atoms with Gasteiger partial charge in [0.15, 0.2) is 0 Å². The summed E-state index contributed by atoms with van der Waals surface area (Å²) in [7, 11) is 0. The minimum atomic E-state index is -0.607. The molecule has 0 radical (unpaired) electrons. The second kappa shape index (κ2) is 9.21. The number of rotatable bonds is 3. The van der Waals surface area contributed by atoms with E-state index in [1.807, 2.05) is 0 Å². The van der Waals surface area contributed by atoms with Crippen LogP contribution in [-0.2, 0) is 16.1 Å². The molecule has 2 unspecified atom stereocenters. The molecule has 36 heavy (non-hydrogen) atoms. The number of piperazine rings is 1. The number of halogens is 2. The highest BCUT2D eigenvalue weighted by Gasteiger charge is 2.42. The molecule has 0 spiro atoms. The SMILES string of the molecule is C=CC(=O)N1CCN2Cc3c(N4C5CCC4COC5)nc(-c4c(O)cccc4F)c(Cl)c3OC[C@H]2C1. The zero-order chi connectivity index (χ0) is 25.0. The highest BCUT2D eigenvalue weighted by Crippen LogP contribution is 2.48. The number of pyridine rings is 1. The Labute approximate surface area is 213 Å². The summed E-state index contributed by atoms with van der Waals surface area (Å²) < 4.78 is 27.1. The molecule has 2 bridgehead atoms. The Hall–Kier alpha value is -2.88. The van der Waals surface area contributed by atoms with Crippen LogP contribution in [0.5, 0.6) is 11.5 Å². The van der Waals surface area contributed by atoms with Gasteiger partial charge in [-0.1, -0.05) is 24.2 Å². The second-order valence-electron chi connectivity index (χ2n) is 9.79. The van der Waals surface area contributed by atoms with Gasteiger partial charge in [-0.2, -0.15) is 0 Å². The molecule has 2 aromatic rings. The maximum absolute atomic E-state index is 15.0. The number of aromatic nitrogens is 1. The molecule has 10 heteroatoms. The molecule has 5 heterocycles. The van der Waals surface area contributed by atoms with Crippen LogP contribution in [0.2, 0.25) is 5.02 Å². The number of aromatic hydroxyl groups is 1. The van der Waals surface area contributed by atoms with Crippen molar-refractivity contribution in [2.75, 3.05) is 44.4 Å². The Balaban J connectivity index is 1.47. The number of morpholine rings is 1. The molecule has 3 saturated heterocycles. The normalized spacial score (nSPS) is 25.6. The van der Waals surface area contributed by atoms with Gasteiger partial charge in [-0.15, -0.1) is 0 Å². The van der Waals surface area contributed by atoms with Crippen LogP contribution < -0.4 is 9.64 Å². The molecule has 8 nitrogen and oxygen atoms in total. The fourth-order valence-electron chi connectivity index (χ4n) is 5.93. The van der Waals surface area contributed by atoms with E-state index in [-0.39, 0.29) is 46.1 Å². The third-order valence-corrected chi connectivity index (χ3v) is 8.11. The quantitative estimate of drug-likeness (QED) is 0.630. The monoisotopic (exact) mass is 514 g/mol. The molecule has 0 saturated carbocycles. The Morgan fingerprint density at radius 2 is 1.97 bits per heavy atom. The summed E-state index contributed by atoms with van der Waals surface area (Å²) in [6.45, 7) is 7.45. The molecule has 0 aliphatic carbocycles. The van der Waals surface area contributed by atoms with Gasteiger partial charge < -0.3 is 24.4 Å². The van der Waals surface area contributed by atoms with E-state index in [1.165, 1.54) is 24.3 Å². The number of carbonyl (C=O) groups excluding carboxylic acids is 1. The van der Waals surface area contributed by atoms with Gasteiger partial charge in [0.05, 0.1) is 42.5 Å². The zero-order valence-electron chi connectivity index (χ0n) is 19.8. The van der Waals surface area contributed by atoms with E-state index in [9.17, 15) is 14.3 Å². The minimum absolute atomic E-state index is 0.0364. The maximum Gasteiger partial charge on any atom is 0.246 e. The van der Waals surface area contributed by atoms with E-state index in [0.29, 0.717) is 57.6 Å². The Morgan fingerprint density at radius 1 is 1.19 bits per heavy atom. The third-order valence-electron chi connectivity index (χ3n) is 7.75. The number of benzene rings is 1. The summed E-state index contributed by atoms with van der Waals surface area (Å²) in [5, 5.41) is 10.7. The largest absolute Gasteiger partial charge is 0.507 e. The van der Waals surface area contributed by atoms with Crippen LogP contribution in [0.1, 0.15) is 18.4 Å². The summed E-state index contributed by atoms with van der Waals surface area (Å²) in [5.74, 6) is 0.225. The molecule has 190 valence electrons. The fraction of sp³-hybridized carbons (Fsp3) is 0.462. The van der Waals surface area contributed by atoms with Crippen LogP contribution in [0.25, 0.3) is 11.3 Å². The minimum Gasteiger partial charge on any atom is -0.507 e. The zero-order valence-corrected chi connectivity index (χ0v) is 20.6. The number of fused-ring (bicyclic) bond motifs is 4. The van der Waals surface area contributed by atoms with Crippen molar-refractivity contribution in [3.8, 4) is 22.8 Å². The highest BCUT2D eigenvalue weighted by atomic mass is 35.5. The Morgan fingerprint density at radius 3 is 2.69 bits per heavy atom. The van der Waals surface area contributed by atoms with E-state index >= 15 is 0 Å². The summed E-state index contributed by atoms with van der Waals surface area (Å²) in [6, 6.07) is 4.43. The molecule has 4 aliphatic heterocycles. The molecular weight excluding hydrogens is 487 g/mol. The van der Waals surface area contributed by atoms with Crippen LogP contribution >= 0.6 is 11.6 Å². The summed E-state index contributed by atoms with van der Waals surface area (Å²) >= 11 is 6.87. The molecule has 1 N–H and O–H groups in total. The molecule has 3 fully saturated rings. The van der Waals surface area contributed by atoms with Gasteiger partial charge in [-0.25, -0.2) is 9.37 Å². The standard InChI is InChI=1S/C26H28ClFN4O4/c1-2-21(34)31-9-8-30-11-18-25(36-14-17(30)10-31)23(27)24(22-19(28)4-3-5-20(22)33)29-26(18)32-15-6-7-16(32)13-35-12-15/h2-5,15-17,33H,1,6-14H2/t15?,16?,17-/m1/s1. The lowest BCUT2D eigenvalue weighted by atomic mass is 10.0.